The van der Waals surface area contributed by atoms with Crippen molar-refractivity contribution >= 4 is 5.96 Å². The Bertz CT molecular complexity index is 373. The molecule has 1 unspecified atom stereocenters. The van der Waals surface area contributed by atoms with E-state index in [0.29, 0.717) is 12.6 Å². The van der Waals surface area contributed by atoms with Gasteiger partial charge in [0, 0.05) is 12.6 Å². The maximum Gasteiger partial charge on any atom is 0.191 e. The van der Waals surface area contributed by atoms with E-state index in [1.807, 2.05) is 6.92 Å². The summed E-state index contributed by atoms with van der Waals surface area (Å²) in [6.45, 7) is 7.65. The average Bonchev–Trinajstić information content (AvgIpc) is 2.38. The second-order valence-corrected chi connectivity index (χ2v) is 4.28. The van der Waals surface area contributed by atoms with Crippen molar-refractivity contribution in [3.63, 3.8) is 0 Å². The van der Waals surface area contributed by atoms with Gasteiger partial charge in [0.15, 0.2) is 5.96 Å². The van der Waals surface area contributed by atoms with Gasteiger partial charge < -0.3 is 10.6 Å². The third kappa shape index (κ3) is 5.17. The predicted octanol–water partition coefficient (Wildman–Crippen LogP) is 2.68. The van der Waals surface area contributed by atoms with Crippen LogP contribution in [0.4, 0.5) is 4.39 Å². The van der Waals surface area contributed by atoms with Crippen LogP contribution in [0.5, 0.6) is 0 Å². The van der Waals surface area contributed by atoms with Crippen molar-refractivity contribution in [3.8, 4) is 0 Å². The maximum absolute atomic E-state index is 12.8. The highest BCUT2D eigenvalue weighted by Crippen LogP contribution is 2.03. The highest BCUT2D eigenvalue weighted by molar-refractivity contribution is 5.80. The molecule has 0 aliphatic carbocycles. The zero-order valence-electron chi connectivity index (χ0n) is 11.3. The Morgan fingerprint density at radius 2 is 1.94 bits per heavy atom. The quantitative estimate of drug-likeness (QED) is 0.623. The summed E-state index contributed by atoms with van der Waals surface area (Å²) in [5, 5.41) is 6.51. The third-order valence-corrected chi connectivity index (χ3v) is 2.67. The van der Waals surface area contributed by atoms with Crippen molar-refractivity contribution in [2.24, 2.45) is 4.99 Å². The van der Waals surface area contributed by atoms with Crippen molar-refractivity contribution in [2.45, 2.75) is 39.8 Å². The number of guanidine groups is 1. The van der Waals surface area contributed by atoms with E-state index < -0.39 is 0 Å². The molecule has 3 nitrogen and oxygen atoms in total. The van der Waals surface area contributed by atoms with Gasteiger partial charge in [-0.15, -0.1) is 0 Å². The van der Waals surface area contributed by atoms with Crippen LogP contribution in [0.2, 0.25) is 0 Å². The molecule has 4 heteroatoms. The van der Waals surface area contributed by atoms with Crippen LogP contribution in [0.1, 0.15) is 32.8 Å². The molecule has 0 amide bonds. The molecule has 100 valence electrons. The van der Waals surface area contributed by atoms with Gasteiger partial charge in [0.1, 0.15) is 5.82 Å². The summed E-state index contributed by atoms with van der Waals surface area (Å²) in [5.41, 5.74) is 0.998. The van der Waals surface area contributed by atoms with Gasteiger partial charge in [0.05, 0.1) is 6.54 Å². The summed E-state index contributed by atoms with van der Waals surface area (Å²) in [4.78, 5) is 4.47. The zero-order chi connectivity index (χ0) is 13.4. The average molecular weight is 251 g/mol. The van der Waals surface area contributed by atoms with Crippen LogP contribution in [-0.4, -0.2) is 18.5 Å². The summed E-state index contributed by atoms with van der Waals surface area (Å²) >= 11 is 0. The second kappa shape index (κ2) is 7.69. The summed E-state index contributed by atoms with van der Waals surface area (Å²) < 4.78 is 12.8. The highest BCUT2D eigenvalue weighted by atomic mass is 19.1. The number of rotatable bonds is 5. The van der Waals surface area contributed by atoms with Crippen LogP contribution in [0.15, 0.2) is 29.3 Å². The fraction of sp³-hybridized carbons (Fsp3) is 0.500. The Morgan fingerprint density at radius 3 is 2.50 bits per heavy atom. The topological polar surface area (TPSA) is 36.4 Å². The van der Waals surface area contributed by atoms with Crippen LogP contribution in [-0.2, 0) is 6.54 Å². The molecule has 1 aromatic rings. The SMILES string of the molecule is CCNC(=NCc1ccc(F)cc1)NC(C)CC. The fourth-order valence-electron chi connectivity index (χ4n) is 1.42. The highest BCUT2D eigenvalue weighted by Gasteiger charge is 2.02. The Balaban J connectivity index is 2.61. The van der Waals surface area contributed by atoms with Crippen molar-refractivity contribution in [3.05, 3.63) is 35.6 Å². The van der Waals surface area contributed by atoms with E-state index in [1.165, 1.54) is 12.1 Å². The van der Waals surface area contributed by atoms with Crippen molar-refractivity contribution < 1.29 is 4.39 Å². The van der Waals surface area contributed by atoms with Crippen LogP contribution in [0.25, 0.3) is 0 Å². The summed E-state index contributed by atoms with van der Waals surface area (Å²) in [6.07, 6.45) is 1.04. The lowest BCUT2D eigenvalue weighted by atomic mass is 10.2. The van der Waals surface area contributed by atoms with E-state index >= 15 is 0 Å². The van der Waals surface area contributed by atoms with Crippen molar-refractivity contribution in [1.29, 1.82) is 0 Å². The predicted molar refractivity (Wildman–Crippen MR) is 74.1 cm³/mol. The van der Waals surface area contributed by atoms with Crippen LogP contribution in [0, 0.1) is 5.82 Å². The minimum Gasteiger partial charge on any atom is -0.357 e. The summed E-state index contributed by atoms with van der Waals surface area (Å²) in [5.74, 6) is 0.587. The molecule has 0 spiro atoms. The lowest BCUT2D eigenvalue weighted by Gasteiger charge is -2.16. The molecule has 2 N–H and O–H groups in total. The molecule has 1 atom stereocenters. The minimum absolute atomic E-state index is 0.215. The molecule has 0 saturated carbocycles. The maximum atomic E-state index is 12.8. The molecular formula is C14H22FN3. The van der Waals surface area contributed by atoms with Crippen LogP contribution in [0.3, 0.4) is 0 Å². The zero-order valence-corrected chi connectivity index (χ0v) is 11.3. The van der Waals surface area contributed by atoms with Gasteiger partial charge in [-0.2, -0.15) is 0 Å². The molecular weight excluding hydrogens is 229 g/mol. The van der Waals surface area contributed by atoms with Crippen molar-refractivity contribution in [1.82, 2.24) is 10.6 Å². The number of halogens is 1. The molecule has 0 aromatic heterocycles. The van der Waals surface area contributed by atoms with Gasteiger partial charge in [0.2, 0.25) is 0 Å². The van der Waals surface area contributed by atoms with E-state index in [2.05, 4.69) is 29.5 Å². The van der Waals surface area contributed by atoms with E-state index in [-0.39, 0.29) is 5.82 Å². The second-order valence-electron chi connectivity index (χ2n) is 4.28. The fourth-order valence-corrected chi connectivity index (χ4v) is 1.42. The largest absolute Gasteiger partial charge is 0.357 e. The Kier molecular flexibility index (Phi) is 6.19. The van der Waals surface area contributed by atoms with Gasteiger partial charge in [-0.25, -0.2) is 9.38 Å². The molecule has 1 rings (SSSR count). The molecule has 0 saturated heterocycles. The van der Waals surface area contributed by atoms with Crippen LogP contribution >= 0.6 is 0 Å². The first-order valence-corrected chi connectivity index (χ1v) is 6.45. The lowest BCUT2D eigenvalue weighted by Crippen LogP contribution is -2.41. The molecule has 0 bridgehead atoms. The van der Waals surface area contributed by atoms with E-state index in [4.69, 9.17) is 0 Å². The first-order valence-electron chi connectivity index (χ1n) is 6.45. The number of nitrogens with one attached hydrogen (secondary N) is 2. The molecule has 0 radical (unpaired) electrons. The smallest absolute Gasteiger partial charge is 0.191 e. The number of hydrogen-bond acceptors (Lipinski definition) is 1. The third-order valence-electron chi connectivity index (χ3n) is 2.67. The molecule has 18 heavy (non-hydrogen) atoms. The summed E-state index contributed by atoms with van der Waals surface area (Å²) in [6, 6.07) is 6.81. The van der Waals surface area contributed by atoms with Gasteiger partial charge in [0.25, 0.3) is 0 Å². The summed E-state index contributed by atoms with van der Waals surface area (Å²) in [7, 11) is 0. The van der Waals surface area contributed by atoms with Crippen molar-refractivity contribution in [2.75, 3.05) is 6.54 Å². The Labute approximate surface area is 109 Å². The van der Waals surface area contributed by atoms with E-state index in [0.717, 1.165) is 24.5 Å². The van der Waals surface area contributed by atoms with Crippen LogP contribution < -0.4 is 10.6 Å². The van der Waals surface area contributed by atoms with E-state index in [1.54, 1.807) is 12.1 Å². The molecule has 0 aliphatic heterocycles. The lowest BCUT2D eigenvalue weighted by molar-refractivity contribution is 0.623. The monoisotopic (exact) mass is 251 g/mol. The minimum atomic E-state index is -0.215. The number of nitrogens with zero attached hydrogens (tertiary/aromatic N) is 1. The van der Waals surface area contributed by atoms with Gasteiger partial charge in [-0.3, -0.25) is 0 Å². The Hall–Kier alpha value is -1.58. The molecule has 1 aromatic carbocycles. The molecule has 0 fully saturated rings. The van der Waals surface area contributed by atoms with Gasteiger partial charge >= 0.3 is 0 Å². The number of aliphatic imine (C=N–C) groups is 1. The normalized spacial score (nSPS) is 13.2. The first kappa shape index (κ1) is 14.5. The molecule has 0 aliphatic rings. The number of benzene rings is 1. The first-order chi connectivity index (χ1) is 8.65. The molecule has 0 heterocycles. The standard InChI is InChI=1S/C14H22FN3/c1-4-11(3)18-14(16-5-2)17-10-12-6-8-13(15)9-7-12/h6-9,11H,4-5,10H2,1-3H3,(H2,16,17,18). The van der Waals surface area contributed by atoms with E-state index in [9.17, 15) is 4.39 Å². The Morgan fingerprint density at radius 1 is 1.28 bits per heavy atom. The van der Waals surface area contributed by atoms with Gasteiger partial charge in [-0.1, -0.05) is 19.1 Å². The van der Waals surface area contributed by atoms with Gasteiger partial charge in [-0.05, 0) is 38.0 Å². The number of hydrogen-bond donors (Lipinski definition) is 2.